The van der Waals surface area contributed by atoms with Crippen molar-refractivity contribution in [3.05, 3.63) is 35.6 Å². The molecular weight excluding hydrogens is 264 g/mol. The number of thioether (sulfide) groups is 1. The smallest absolute Gasteiger partial charge is 0.327 e. The van der Waals surface area contributed by atoms with Crippen molar-refractivity contribution < 1.29 is 18.7 Å². The maximum Gasteiger partial charge on any atom is 0.327 e. The van der Waals surface area contributed by atoms with Crippen LogP contribution in [0.5, 0.6) is 0 Å². The Bertz CT molecular complexity index is 659. The van der Waals surface area contributed by atoms with Crippen molar-refractivity contribution in [3.8, 4) is 0 Å². The summed E-state index contributed by atoms with van der Waals surface area (Å²) in [5.74, 6) is 0.115. The molecule has 2 aromatic rings. The number of rotatable bonds is 2. The van der Waals surface area contributed by atoms with Gasteiger partial charge in [0.1, 0.15) is 5.58 Å². The zero-order chi connectivity index (χ0) is 13.4. The van der Waals surface area contributed by atoms with Crippen LogP contribution in [-0.2, 0) is 15.3 Å². The van der Waals surface area contributed by atoms with Crippen LogP contribution in [0.1, 0.15) is 23.0 Å². The van der Waals surface area contributed by atoms with Gasteiger partial charge < -0.3 is 9.15 Å². The van der Waals surface area contributed by atoms with E-state index in [1.54, 1.807) is 6.92 Å². The summed E-state index contributed by atoms with van der Waals surface area (Å²) in [6.07, 6.45) is 0. The van der Waals surface area contributed by atoms with E-state index >= 15 is 0 Å². The minimum absolute atomic E-state index is 0.274. The number of para-hydroxylation sites is 1. The Morgan fingerprint density at radius 3 is 3.05 bits per heavy atom. The number of hydrogen-bond donors (Lipinski definition) is 0. The molecule has 0 fully saturated rings. The molecule has 0 spiro atoms. The van der Waals surface area contributed by atoms with Gasteiger partial charge in [-0.05, 0) is 13.0 Å². The van der Waals surface area contributed by atoms with Crippen LogP contribution in [0.3, 0.4) is 0 Å². The Morgan fingerprint density at radius 2 is 2.26 bits per heavy atom. The highest BCUT2D eigenvalue weighted by Gasteiger charge is 2.38. The van der Waals surface area contributed by atoms with Gasteiger partial charge in [-0.25, -0.2) is 0 Å². The normalized spacial score (nSPS) is 18.4. The summed E-state index contributed by atoms with van der Waals surface area (Å²) in [4.78, 5) is 24.0. The summed E-state index contributed by atoms with van der Waals surface area (Å²) < 4.78 is 10.5. The third-order valence-electron chi connectivity index (χ3n) is 3.06. The van der Waals surface area contributed by atoms with Gasteiger partial charge in [0.25, 0.3) is 0 Å². The molecule has 19 heavy (non-hydrogen) atoms. The summed E-state index contributed by atoms with van der Waals surface area (Å²) >= 11 is 1.30. The predicted octanol–water partition coefficient (Wildman–Crippen LogP) is 2.79. The van der Waals surface area contributed by atoms with Gasteiger partial charge in [-0.2, -0.15) is 0 Å². The Balaban J connectivity index is 2.02. The predicted molar refractivity (Wildman–Crippen MR) is 72.3 cm³/mol. The van der Waals surface area contributed by atoms with Crippen LogP contribution in [-0.4, -0.2) is 23.6 Å². The number of benzene rings is 1. The zero-order valence-electron chi connectivity index (χ0n) is 10.3. The highest BCUT2D eigenvalue weighted by molar-refractivity contribution is 8.00. The van der Waals surface area contributed by atoms with Crippen LogP contribution in [0.15, 0.2) is 28.7 Å². The van der Waals surface area contributed by atoms with Crippen LogP contribution in [0.25, 0.3) is 11.0 Å². The lowest BCUT2D eigenvalue weighted by Gasteiger charge is -2.17. The lowest BCUT2D eigenvalue weighted by Crippen LogP contribution is -2.32. The number of ether oxygens (including phenoxy) is 1. The largest absolute Gasteiger partial charge is 0.465 e. The molecule has 3 rings (SSSR count). The van der Waals surface area contributed by atoms with E-state index in [2.05, 4.69) is 0 Å². The molecule has 5 heteroatoms. The van der Waals surface area contributed by atoms with Gasteiger partial charge in [0.15, 0.2) is 11.0 Å². The van der Waals surface area contributed by atoms with E-state index in [1.807, 2.05) is 24.3 Å². The van der Waals surface area contributed by atoms with Crippen LogP contribution >= 0.6 is 11.8 Å². The van der Waals surface area contributed by atoms with E-state index in [-0.39, 0.29) is 12.4 Å². The molecule has 0 aliphatic carbocycles. The minimum Gasteiger partial charge on any atom is -0.465 e. The lowest BCUT2D eigenvalue weighted by molar-refractivity contribution is -0.141. The number of ketones is 1. The average molecular weight is 276 g/mol. The average Bonchev–Trinajstić information content (AvgIpc) is 2.79. The van der Waals surface area contributed by atoms with Crippen LogP contribution < -0.4 is 0 Å². The molecule has 1 aromatic heterocycles. The fraction of sp³-hybridized carbons (Fsp3) is 0.286. The molecule has 0 N–H and O–H groups in total. The quantitative estimate of drug-likeness (QED) is 0.623. The molecule has 1 aliphatic rings. The maximum absolute atomic E-state index is 12.3. The molecular formula is C14H12O4S. The van der Waals surface area contributed by atoms with E-state index < -0.39 is 11.2 Å². The van der Waals surface area contributed by atoms with E-state index in [0.717, 1.165) is 10.9 Å². The molecule has 2 heterocycles. The van der Waals surface area contributed by atoms with Crippen LogP contribution in [0, 0.1) is 0 Å². The zero-order valence-corrected chi connectivity index (χ0v) is 11.2. The van der Waals surface area contributed by atoms with Gasteiger partial charge in [-0.3, -0.25) is 9.59 Å². The molecule has 0 radical (unpaired) electrons. The second-order valence-corrected chi connectivity index (χ2v) is 5.31. The Hall–Kier alpha value is -1.75. The summed E-state index contributed by atoms with van der Waals surface area (Å²) in [5.41, 5.74) is 1.57. The highest BCUT2D eigenvalue weighted by Crippen LogP contribution is 2.37. The van der Waals surface area contributed by atoms with Crippen molar-refractivity contribution >= 4 is 34.5 Å². The molecule has 1 aliphatic heterocycles. The maximum atomic E-state index is 12.3. The number of hydrogen-bond acceptors (Lipinski definition) is 5. The van der Waals surface area contributed by atoms with E-state index in [0.29, 0.717) is 17.1 Å². The molecule has 1 unspecified atom stereocenters. The van der Waals surface area contributed by atoms with Crippen molar-refractivity contribution in [1.29, 1.82) is 0 Å². The first-order valence-corrected chi connectivity index (χ1v) is 7.10. The molecule has 1 aromatic carbocycles. The van der Waals surface area contributed by atoms with E-state index in [4.69, 9.17) is 9.15 Å². The van der Waals surface area contributed by atoms with Gasteiger partial charge in [0, 0.05) is 16.7 Å². The van der Waals surface area contributed by atoms with Crippen LogP contribution in [0.2, 0.25) is 0 Å². The Morgan fingerprint density at radius 1 is 1.47 bits per heavy atom. The molecule has 4 nitrogen and oxygen atoms in total. The van der Waals surface area contributed by atoms with Gasteiger partial charge in [-0.15, -0.1) is 11.8 Å². The second-order valence-electron chi connectivity index (χ2n) is 4.21. The van der Waals surface area contributed by atoms with Crippen molar-refractivity contribution in [2.75, 3.05) is 6.61 Å². The molecule has 0 amide bonds. The van der Waals surface area contributed by atoms with Gasteiger partial charge >= 0.3 is 5.97 Å². The number of furan rings is 1. The fourth-order valence-electron chi connectivity index (χ4n) is 2.20. The van der Waals surface area contributed by atoms with Crippen molar-refractivity contribution in [3.63, 3.8) is 0 Å². The topological polar surface area (TPSA) is 56.5 Å². The monoisotopic (exact) mass is 276 g/mol. The van der Waals surface area contributed by atoms with Crippen LogP contribution in [0.4, 0.5) is 0 Å². The van der Waals surface area contributed by atoms with Crippen molar-refractivity contribution in [2.45, 2.75) is 17.9 Å². The first-order chi connectivity index (χ1) is 9.22. The molecule has 0 saturated heterocycles. The second kappa shape index (κ2) is 4.74. The number of esters is 1. The van der Waals surface area contributed by atoms with E-state index in [9.17, 15) is 9.59 Å². The molecule has 1 atom stereocenters. The molecule has 0 saturated carbocycles. The van der Waals surface area contributed by atoms with Gasteiger partial charge in [0.2, 0.25) is 5.78 Å². The third kappa shape index (κ3) is 1.94. The van der Waals surface area contributed by atoms with Crippen molar-refractivity contribution in [1.82, 2.24) is 0 Å². The Labute approximate surface area is 114 Å². The fourth-order valence-corrected chi connectivity index (χ4v) is 3.28. The van der Waals surface area contributed by atoms with Crippen molar-refractivity contribution in [2.24, 2.45) is 0 Å². The summed E-state index contributed by atoms with van der Waals surface area (Å²) in [7, 11) is 0. The lowest BCUT2D eigenvalue weighted by atomic mass is 10.1. The van der Waals surface area contributed by atoms with Gasteiger partial charge in [-0.1, -0.05) is 18.2 Å². The molecule has 0 bridgehead atoms. The molecule has 98 valence electrons. The summed E-state index contributed by atoms with van der Waals surface area (Å²) in [6, 6.07) is 7.52. The standard InChI is InChI=1S/C14H12O4S/c1-2-17-14(16)13-11(15)12-9(7-19-13)8-5-3-4-6-10(8)18-12/h3-6,13H,2,7H2,1H3. The number of carbonyl (C=O) groups is 2. The number of Topliss-reactive ketones (excluding diaryl/α,β-unsaturated/α-hetero) is 1. The third-order valence-corrected chi connectivity index (χ3v) is 4.25. The SMILES string of the molecule is CCOC(=O)C1SCc2c(oc3ccccc23)C1=O. The number of carbonyl (C=O) groups excluding carboxylic acids is 2. The van der Waals surface area contributed by atoms with E-state index in [1.165, 1.54) is 11.8 Å². The Kier molecular flexibility index (Phi) is 3.06. The summed E-state index contributed by atoms with van der Waals surface area (Å²) in [5, 5.41) is 0.147. The summed E-state index contributed by atoms with van der Waals surface area (Å²) in [6.45, 7) is 2.00. The first-order valence-electron chi connectivity index (χ1n) is 6.05. The first kappa shape index (κ1) is 12.3. The van der Waals surface area contributed by atoms with Gasteiger partial charge in [0.05, 0.1) is 6.61 Å². The minimum atomic E-state index is -0.798. The highest BCUT2D eigenvalue weighted by atomic mass is 32.2. The number of fused-ring (bicyclic) bond motifs is 3.